The molecule has 13 heavy (non-hydrogen) atoms. The van der Waals surface area contributed by atoms with E-state index < -0.39 is 0 Å². The van der Waals surface area contributed by atoms with E-state index in [0.717, 1.165) is 11.8 Å². The van der Waals surface area contributed by atoms with Gasteiger partial charge in [0.15, 0.2) is 0 Å². The summed E-state index contributed by atoms with van der Waals surface area (Å²) in [7, 11) is 0. The molecule has 2 unspecified atom stereocenters. The second-order valence-corrected chi connectivity index (χ2v) is 4.50. The highest BCUT2D eigenvalue weighted by molar-refractivity contribution is 4.69. The number of hydrogen-bond acceptors (Lipinski definition) is 1. The second-order valence-electron chi connectivity index (χ2n) is 4.50. The van der Waals surface area contributed by atoms with Gasteiger partial charge in [-0.3, -0.25) is 0 Å². The predicted molar refractivity (Wildman–Crippen MR) is 61.0 cm³/mol. The molecule has 80 valence electrons. The first-order chi connectivity index (χ1) is 6.11. The van der Waals surface area contributed by atoms with Crippen molar-refractivity contribution < 1.29 is 0 Å². The van der Waals surface area contributed by atoms with Crippen molar-refractivity contribution in [1.29, 1.82) is 0 Å². The minimum Gasteiger partial charge on any atom is -0.314 e. The van der Waals surface area contributed by atoms with Gasteiger partial charge < -0.3 is 5.32 Å². The molecular formula is C12H27N. The van der Waals surface area contributed by atoms with Crippen molar-refractivity contribution in [3.8, 4) is 0 Å². The highest BCUT2D eigenvalue weighted by Crippen LogP contribution is 2.19. The van der Waals surface area contributed by atoms with E-state index in [4.69, 9.17) is 0 Å². The van der Waals surface area contributed by atoms with Crippen molar-refractivity contribution >= 4 is 0 Å². The third kappa shape index (κ3) is 6.09. The lowest BCUT2D eigenvalue weighted by Gasteiger charge is -2.24. The van der Waals surface area contributed by atoms with Crippen LogP contribution in [0, 0.1) is 11.8 Å². The Morgan fingerprint density at radius 1 is 1.08 bits per heavy atom. The van der Waals surface area contributed by atoms with E-state index in [2.05, 4.69) is 39.9 Å². The topological polar surface area (TPSA) is 12.0 Å². The summed E-state index contributed by atoms with van der Waals surface area (Å²) in [6, 6.07) is 0.628. The predicted octanol–water partition coefficient (Wildman–Crippen LogP) is 3.45. The summed E-state index contributed by atoms with van der Waals surface area (Å²) in [6.45, 7) is 12.6. The average molecular weight is 185 g/mol. The summed E-state index contributed by atoms with van der Waals surface area (Å²) in [5, 5.41) is 3.55. The molecule has 0 aromatic carbocycles. The smallest absolute Gasteiger partial charge is 0.00104 e. The van der Waals surface area contributed by atoms with Crippen LogP contribution in [0.3, 0.4) is 0 Å². The molecule has 1 N–H and O–H groups in total. The normalized spacial score (nSPS) is 16.2. The van der Waals surface area contributed by atoms with Gasteiger partial charge in [0.1, 0.15) is 0 Å². The van der Waals surface area contributed by atoms with Crippen LogP contribution >= 0.6 is 0 Å². The molecule has 0 radical (unpaired) electrons. The summed E-state index contributed by atoms with van der Waals surface area (Å²) in [6.07, 6.45) is 3.99. The van der Waals surface area contributed by atoms with Crippen LogP contribution in [0.25, 0.3) is 0 Å². The molecule has 1 heteroatoms. The first-order valence-electron chi connectivity index (χ1n) is 5.85. The van der Waals surface area contributed by atoms with E-state index >= 15 is 0 Å². The molecule has 0 aliphatic heterocycles. The standard InChI is InChI=1S/C12H27N/c1-6-8-12(11(5)7-2)9-13-10(3)4/h10-13H,6-9H2,1-5H3. The molecule has 0 aliphatic rings. The van der Waals surface area contributed by atoms with Crippen molar-refractivity contribution in [1.82, 2.24) is 5.32 Å². The van der Waals surface area contributed by atoms with Crippen molar-refractivity contribution in [2.75, 3.05) is 6.54 Å². The minimum absolute atomic E-state index is 0.628. The Morgan fingerprint density at radius 2 is 1.69 bits per heavy atom. The van der Waals surface area contributed by atoms with Gasteiger partial charge >= 0.3 is 0 Å². The lowest BCUT2D eigenvalue weighted by molar-refractivity contribution is 0.302. The van der Waals surface area contributed by atoms with E-state index in [1.54, 1.807) is 0 Å². The van der Waals surface area contributed by atoms with Gasteiger partial charge in [0.05, 0.1) is 0 Å². The number of rotatable bonds is 7. The fourth-order valence-electron chi connectivity index (χ4n) is 1.68. The van der Waals surface area contributed by atoms with Gasteiger partial charge in [-0.25, -0.2) is 0 Å². The molecule has 0 rings (SSSR count). The van der Waals surface area contributed by atoms with E-state index in [9.17, 15) is 0 Å². The summed E-state index contributed by atoms with van der Waals surface area (Å²) in [5.41, 5.74) is 0. The zero-order valence-electron chi connectivity index (χ0n) is 10.1. The van der Waals surface area contributed by atoms with E-state index in [-0.39, 0.29) is 0 Å². The Balaban J connectivity index is 3.79. The molecule has 0 bridgehead atoms. The lowest BCUT2D eigenvalue weighted by Crippen LogP contribution is -2.31. The van der Waals surface area contributed by atoms with Crippen LogP contribution in [0.1, 0.15) is 53.9 Å². The molecule has 0 aliphatic carbocycles. The highest BCUT2D eigenvalue weighted by atomic mass is 14.9. The van der Waals surface area contributed by atoms with Crippen molar-refractivity contribution in [2.24, 2.45) is 11.8 Å². The fourth-order valence-corrected chi connectivity index (χ4v) is 1.68. The highest BCUT2D eigenvalue weighted by Gasteiger charge is 2.14. The Hall–Kier alpha value is -0.0400. The largest absolute Gasteiger partial charge is 0.314 e. The van der Waals surface area contributed by atoms with Gasteiger partial charge in [0, 0.05) is 6.04 Å². The fraction of sp³-hybridized carbons (Fsp3) is 1.00. The maximum atomic E-state index is 3.55. The minimum atomic E-state index is 0.628. The third-order valence-electron chi connectivity index (χ3n) is 2.90. The SMILES string of the molecule is CCCC(CNC(C)C)C(C)CC. The lowest BCUT2D eigenvalue weighted by atomic mass is 9.88. The van der Waals surface area contributed by atoms with Crippen LogP contribution in [-0.2, 0) is 0 Å². The van der Waals surface area contributed by atoms with Crippen LogP contribution in [0.2, 0.25) is 0 Å². The van der Waals surface area contributed by atoms with Gasteiger partial charge in [-0.2, -0.15) is 0 Å². The van der Waals surface area contributed by atoms with Crippen LogP contribution in [0.15, 0.2) is 0 Å². The molecule has 0 fully saturated rings. The third-order valence-corrected chi connectivity index (χ3v) is 2.90. The Morgan fingerprint density at radius 3 is 2.08 bits per heavy atom. The molecule has 1 nitrogen and oxygen atoms in total. The van der Waals surface area contributed by atoms with E-state index in [1.807, 2.05) is 0 Å². The molecule has 0 heterocycles. The van der Waals surface area contributed by atoms with Crippen LogP contribution in [0.5, 0.6) is 0 Å². The molecule has 0 spiro atoms. The van der Waals surface area contributed by atoms with Gasteiger partial charge in [-0.15, -0.1) is 0 Å². The Kier molecular flexibility index (Phi) is 7.35. The summed E-state index contributed by atoms with van der Waals surface area (Å²) in [5.74, 6) is 1.74. The van der Waals surface area contributed by atoms with Gasteiger partial charge in [0.25, 0.3) is 0 Å². The number of hydrogen-bond donors (Lipinski definition) is 1. The summed E-state index contributed by atoms with van der Waals surface area (Å²) in [4.78, 5) is 0. The van der Waals surface area contributed by atoms with Crippen molar-refractivity contribution in [3.05, 3.63) is 0 Å². The zero-order valence-corrected chi connectivity index (χ0v) is 10.1. The molecule has 0 saturated heterocycles. The van der Waals surface area contributed by atoms with Gasteiger partial charge in [-0.1, -0.05) is 47.5 Å². The maximum Gasteiger partial charge on any atom is 0.00104 e. The van der Waals surface area contributed by atoms with Gasteiger partial charge in [-0.05, 0) is 24.8 Å². The zero-order chi connectivity index (χ0) is 10.3. The van der Waals surface area contributed by atoms with Crippen molar-refractivity contribution in [2.45, 2.75) is 59.9 Å². The summed E-state index contributed by atoms with van der Waals surface area (Å²) >= 11 is 0. The Labute approximate surface area is 84.3 Å². The molecule has 0 amide bonds. The van der Waals surface area contributed by atoms with Crippen LogP contribution < -0.4 is 5.32 Å². The molecule has 0 saturated carbocycles. The van der Waals surface area contributed by atoms with E-state index in [1.165, 1.54) is 25.8 Å². The monoisotopic (exact) mass is 185 g/mol. The molecule has 0 aromatic rings. The molecular weight excluding hydrogens is 158 g/mol. The Bertz CT molecular complexity index is 110. The van der Waals surface area contributed by atoms with Crippen LogP contribution in [0.4, 0.5) is 0 Å². The second kappa shape index (κ2) is 7.37. The quantitative estimate of drug-likeness (QED) is 0.640. The van der Waals surface area contributed by atoms with Crippen LogP contribution in [-0.4, -0.2) is 12.6 Å². The molecule has 2 atom stereocenters. The van der Waals surface area contributed by atoms with E-state index in [0.29, 0.717) is 6.04 Å². The van der Waals surface area contributed by atoms with Gasteiger partial charge in [0.2, 0.25) is 0 Å². The average Bonchev–Trinajstić information content (AvgIpc) is 2.10. The summed E-state index contributed by atoms with van der Waals surface area (Å²) < 4.78 is 0. The van der Waals surface area contributed by atoms with Crippen molar-refractivity contribution in [3.63, 3.8) is 0 Å². The number of nitrogens with one attached hydrogen (secondary N) is 1. The maximum absolute atomic E-state index is 3.55. The first-order valence-corrected chi connectivity index (χ1v) is 5.85. The first kappa shape index (κ1) is 13.0. The molecule has 0 aromatic heterocycles.